The van der Waals surface area contributed by atoms with Gasteiger partial charge in [-0.25, -0.2) is 0 Å². The lowest BCUT2D eigenvalue weighted by Gasteiger charge is -2.11. The summed E-state index contributed by atoms with van der Waals surface area (Å²) in [5.41, 5.74) is 0. The Bertz CT molecular complexity index is 530. The molecular formula is C14H17N. The Morgan fingerprint density at radius 1 is 1.13 bits per heavy atom. The predicted molar refractivity (Wildman–Crippen MR) is 67.2 cm³/mol. The molecule has 0 aliphatic heterocycles. The minimum Gasteiger partial charge on any atom is -0.339 e. The largest absolute Gasteiger partial charge is 0.339 e. The highest BCUT2D eigenvalue weighted by atomic mass is 15.0. The summed E-state index contributed by atoms with van der Waals surface area (Å²) in [4.78, 5) is 0. The molecule has 0 spiro atoms. The summed E-state index contributed by atoms with van der Waals surface area (Å²) >= 11 is 0. The zero-order valence-electron chi connectivity index (χ0n) is 9.46. The highest BCUT2D eigenvalue weighted by molar-refractivity contribution is 5.83. The van der Waals surface area contributed by atoms with Crippen LogP contribution in [0, 0.1) is 0 Å². The van der Waals surface area contributed by atoms with Crippen LogP contribution in [-0.2, 0) is 0 Å². The SMILES string of the molecule is C=c1c2ccccc2c(=C)n1C(C)CC. The van der Waals surface area contributed by atoms with Crippen molar-refractivity contribution in [1.82, 2.24) is 4.57 Å². The Kier molecular flexibility index (Phi) is 2.39. The van der Waals surface area contributed by atoms with Crippen LogP contribution in [0.1, 0.15) is 26.3 Å². The minimum atomic E-state index is 0.470. The normalized spacial score (nSPS) is 13.2. The first kappa shape index (κ1) is 10.0. The van der Waals surface area contributed by atoms with Crippen molar-refractivity contribution in [3.8, 4) is 0 Å². The van der Waals surface area contributed by atoms with Crippen molar-refractivity contribution in [2.45, 2.75) is 26.3 Å². The van der Waals surface area contributed by atoms with Crippen LogP contribution in [0.2, 0.25) is 0 Å². The van der Waals surface area contributed by atoms with Crippen LogP contribution in [0.3, 0.4) is 0 Å². The molecule has 0 radical (unpaired) electrons. The summed E-state index contributed by atoms with van der Waals surface area (Å²) < 4.78 is 2.24. The van der Waals surface area contributed by atoms with Crippen molar-refractivity contribution in [1.29, 1.82) is 0 Å². The molecule has 1 aromatic carbocycles. The second-order valence-electron chi connectivity index (χ2n) is 4.07. The lowest BCUT2D eigenvalue weighted by atomic mass is 10.2. The van der Waals surface area contributed by atoms with Gasteiger partial charge in [0.15, 0.2) is 0 Å². The summed E-state index contributed by atoms with van der Waals surface area (Å²) in [6, 6.07) is 8.81. The van der Waals surface area contributed by atoms with Gasteiger partial charge in [-0.1, -0.05) is 44.3 Å². The van der Waals surface area contributed by atoms with E-state index in [-0.39, 0.29) is 0 Å². The van der Waals surface area contributed by atoms with Gasteiger partial charge >= 0.3 is 0 Å². The van der Waals surface area contributed by atoms with Crippen molar-refractivity contribution in [2.24, 2.45) is 0 Å². The molecular weight excluding hydrogens is 182 g/mol. The van der Waals surface area contributed by atoms with E-state index >= 15 is 0 Å². The zero-order valence-corrected chi connectivity index (χ0v) is 9.46. The molecule has 0 N–H and O–H groups in total. The maximum absolute atomic E-state index is 4.16. The lowest BCUT2D eigenvalue weighted by molar-refractivity contribution is 0.514. The molecule has 0 aliphatic carbocycles. The van der Waals surface area contributed by atoms with Crippen molar-refractivity contribution in [3.63, 3.8) is 0 Å². The molecule has 0 saturated heterocycles. The van der Waals surface area contributed by atoms with Gasteiger partial charge in [-0.3, -0.25) is 0 Å². The van der Waals surface area contributed by atoms with Gasteiger partial charge in [-0.2, -0.15) is 0 Å². The van der Waals surface area contributed by atoms with Crippen molar-refractivity contribution in [3.05, 3.63) is 35.0 Å². The van der Waals surface area contributed by atoms with Gasteiger partial charge in [0.25, 0.3) is 0 Å². The first-order chi connectivity index (χ1) is 7.16. The molecule has 2 rings (SSSR count). The molecule has 0 aliphatic rings. The third-order valence-corrected chi connectivity index (χ3v) is 3.16. The molecule has 1 unspecified atom stereocenters. The van der Waals surface area contributed by atoms with Gasteiger partial charge in [-0.15, -0.1) is 0 Å². The molecule has 0 fully saturated rings. The Hall–Kier alpha value is -1.50. The highest BCUT2D eigenvalue weighted by Crippen LogP contribution is 2.10. The van der Waals surface area contributed by atoms with Crippen LogP contribution in [0.4, 0.5) is 0 Å². The Morgan fingerprint density at radius 3 is 2.00 bits per heavy atom. The third-order valence-electron chi connectivity index (χ3n) is 3.16. The van der Waals surface area contributed by atoms with E-state index in [0.29, 0.717) is 6.04 Å². The molecule has 1 heteroatoms. The summed E-state index contributed by atoms with van der Waals surface area (Å²) in [6.45, 7) is 12.7. The molecule has 0 saturated carbocycles. The molecule has 1 nitrogen and oxygen atoms in total. The van der Waals surface area contributed by atoms with E-state index in [1.165, 1.54) is 10.8 Å². The molecule has 15 heavy (non-hydrogen) atoms. The summed E-state index contributed by atoms with van der Waals surface area (Å²) in [6.07, 6.45) is 1.10. The quantitative estimate of drug-likeness (QED) is 0.700. The summed E-state index contributed by atoms with van der Waals surface area (Å²) in [5, 5.41) is 4.63. The first-order valence-electron chi connectivity index (χ1n) is 5.43. The lowest BCUT2D eigenvalue weighted by Crippen LogP contribution is -2.27. The fourth-order valence-electron chi connectivity index (χ4n) is 2.12. The number of aromatic nitrogens is 1. The molecule has 0 amide bonds. The van der Waals surface area contributed by atoms with Crippen molar-refractivity contribution in [2.75, 3.05) is 0 Å². The first-order valence-corrected chi connectivity index (χ1v) is 5.43. The molecule has 78 valence electrons. The molecule has 1 aromatic heterocycles. The standard InChI is InChI=1S/C14H17N/c1-5-10(2)15-11(3)13-8-6-7-9-14(13)12(15)4/h6-10H,3-5H2,1-2H3. The number of nitrogens with zero attached hydrogens (tertiary/aromatic N) is 1. The maximum atomic E-state index is 4.16. The van der Waals surface area contributed by atoms with Gasteiger partial charge in [-0.05, 0) is 13.3 Å². The van der Waals surface area contributed by atoms with Crippen LogP contribution in [-0.4, -0.2) is 4.57 Å². The maximum Gasteiger partial charge on any atom is 0.0420 e. The Balaban J connectivity index is 2.88. The topological polar surface area (TPSA) is 4.93 Å². The minimum absolute atomic E-state index is 0.470. The van der Waals surface area contributed by atoms with Gasteiger partial charge in [0.05, 0.1) is 0 Å². The number of benzene rings is 1. The summed E-state index contributed by atoms with van der Waals surface area (Å²) in [5.74, 6) is 0. The van der Waals surface area contributed by atoms with Gasteiger partial charge in [0.1, 0.15) is 0 Å². The smallest absolute Gasteiger partial charge is 0.0420 e. The second kappa shape index (κ2) is 3.58. The molecule has 2 aromatic rings. The Labute approximate surface area is 90.3 Å². The molecule has 0 bridgehead atoms. The second-order valence-corrected chi connectivity index (χ2v) is 4.07. The van der Waals surface area contributed by atoms with E-state index in [9.17, 15) is 0 Å². The number of fused-ring (bicyclic) bond motifs is 1. The van der Waals surface area contributed by atoms with E-state index in [0.717, 1.165) is 17.1 Å². The van der Waals surface area contributed by atoms with Crippen LogP contribution in [0.15, 0.2) is 24.3 Å². The van der Waals surface area contributed by atoms with Crippen LogP contribution in [0.5, 0.6) is 0 Å². The fraction of sp³-hybridized carbons (Fsp3) is 0.286. The fourth-order valence-corrected chi connectivity index (χ4v) is 2.12. The van der Waals surface area contributed by atoms with Gasteiger partial charge < -0.3 is 4.57 Å². The number of rotatable bonds is 2. The van der Waals surface area contributed by atoms with E-state index in [2.05, 4.69) is 55.8 Å². The number of hydrogen-bond acceptors (Lipinski definition) is 0. The summed E-state index contributed by atoms with van der Waals surface area (Å²) in [7, 11) is 0. The van der Waals surface area contributed by atoms with Crippen LogP contribution >= 0.6 is 0 Å². The molecule has 1 atom stereocenters. The highest BCUT2D eigenvalue weighted by Gasteiger charge is 2.08. The van der Waals surface area contributed by atoms with E-state index in [4.69, 9.17) is 0 Å². The van der Waals surface area contributed by atoms with Crippen molar-refractivity contribution >= 4 is 23.9 Å². The number of hydrogen-bond donors (Lipinski definition) is 0. The van der Waals surface area contributed by atoms with Gasteiger partial charge in [0.2, 0.25) is 0 Å². The molecule has 1 heterocycles. The van der Waals surface area contributed by atoms with E-state index in [1.54, 1.807) is 0 Å². The van der Waals surface area contributed by atoms with E-state index in [1.807, 2.05) is 0 Å². The monoisotopic (exact) mass is 199 g/mol. The zero-order chi connectivity index (χ0) is 11.0. The van der Waals surface area contributed by atoms with E-state index < -0.39 is 0 Å². The van der Waals surface area contributed by atoms with Crippen molar-refractivity contribution < 1.29 is 0 Å². The Morgan fingerprint density at radius 2 is 1.60 bits per heavy atom. The predicted octanol–water partition coefficient (Wildman–Crippen LogP) is 2.43. The average Bonchev–Trinajstić information content (AvgIpc) is 2.52. The van der Waals surface area contributed by atoms with Crippen LogP contribution < -0.4 is 10.7 Å². The third kappa shape index (κ3) is 1.39. The van der Waals surface area contributed by atoms with Crippen LogP contribution in [0.25, 0.3) is 23.9 Å². The van der Waals surface area contributed by atoms with Gasteiger partial charge in [0, 0.05) is 27.5 Å². The average molecular weight is 199 g/mol.